The molecule has 0 radical (unpaired) electrons. The van der Waals surface area contributed by atoms with Crippen LogP contribution in [-0.2, 0) is 9.53 Å². The monoisotopic (exact) mass is 270 g/mol. The van der Waals surface area contributed by atoms with E-state index in [0.29, 0.717) is 6.42 Å². The Bertz CT molecular complexity index is 255. The molecule has 0 aromatic heterocycles. The fourth-order valence-corrected chi connectivity index (χ4v) is 1.13. The van der Waals surface area contributed by atoms with E-state index >= 15 is 0 Å². The van der Waals surface area contributed by atoms with E-state index in [2.05, 4.69) is 13.2 Å². The summed E-state index contributed by atoms with van der Waals surface area (Å²) in [5.41, 5.74) is 0.947. The van der Waals surface area contributed by atoms with Gasteiger partial charge in [0, 0.05) is 7.11 Å². The second-order valence-corrected chi connectivity index (χ2v) is 3.25. The molecule has 0 heterocycles. The van der Waals surface area contributed by atoms with Crippen LogP contribution in [0.5, 0.6) is 0 Å². The van der Waals surface area contributed by atoms with E-state index in [0.717, 1.165) is 12.0 Å². The van der Waals surface area contributed by atoms with Crippen molar-refractivity contribution in [3.05, 3.63) is 37.0 Å². The lowest BCUT2D eigenvalue weighted by atomic mass is 10.1. The molecular formula is C16H30O3. The van der Waals surface area contributed by atoms with Crippen LogP contribution in [0.4, 0.5) is 0 Å². The Morgan fingerprint density at radius 2 is 1.84 bits per heavy atom. The Hall–Kier alpha value is -1.35. The number of hydrogen-bond donors (Lipinski definition) is 1. The minimum Gasteiger partial charge on any atom is -0.481 e. The number of allylic oxidation sites excluding steroid dienone is 4. The summed E-state index contributed by atoms with van der Waals surface area (Å²) < 4.78 is 5.05. The molecule has 0 rings (SSSR count). The summed E-state index contributed by atoms with van der Waals surface area (Å²) in [4.78, 5) is 10.5. The van der Waals surface area contributed by atoms with Gasteiger partial charge in [0.25, 0.3) is 0 Å². The second kappa shape index (κ2) is 19.0. The SMILES string of the molecule is C=C/C=C\C(=C)CCC(CC(=O)O)OC.CC.CC. The number of aliphatic carboxylic acids is 1. The van der Waals surface area contributed by atoms with Gasteiger partial charge in [-0.05, 0) is 12.8 Å². The van der Waals surface area contributed by atoms with Crippen LogP contribution in [0.1, 0.15) is 47.0 Å². The zero-order valence-electron chi connectivity index (χ0n) is 13.1. The Kier molecular flexibility index (Phi) is 22.8. The van der Waals surface area contributed by atoms with Crippen LogP contribution in [0.2, 0.25) is 0 Å². The van der Waals surface area contributed by atoms with E-state index in [1.54, 1.807) is 12.2 Å². The summed E-state index contributed by atoms with van der Waals surface area (Å²) in [6.45, 7) is 15.4. The van der Waals surface area contributed by atoms with Gasteiger partial charge < -0.3 is 9.84 Å². The van der Waals surface area contributed by atoms with Crippen molar-refractivity contribution in [1.82, 2.24) is 0 Å². The van der Waals surface area contributed by atoms with E-state index in [9.17, 15) is 4.79 Å². The van der Waals surface area contributed by atoms with Crippen molar-refractivity contribution in [2.75, 3.05) is 7.11 Å². The fourth-order valence-electron chi connectivity index (χ4n) is 1.13. The molecule has 0 spiro atoms. The van der Waals surface area contributed by atoms with Gasteiger partial charge in [0.1, 0.15) is 0 Å². The third-order valence-electron chi connectivity index (χ3n) is 1.99. The highest BCUT2D eigenvalue weighted by molar-refractivity contribution is 5.67. The summed E-state index contributed by atoms with van der Waals surface area (Å²) in [6, 6.07) is 0. The molecule has 0 saturated carbocycles. The highest BCUT2D eigenvalue weighted by atomic mass is 16.5. The van der Waals surface area contributed by atoms with Crippen LogP contribution in [0.25, 0.3) is 0 Å². The number of carboxylic acids is 1. The van der Waals surface area contributed by atoms with E-state index in [1.165, 1.54) is 7.11 Å². The smallest absolute Gasteiger partial charge is 0.305 e. The van der Waals surface area contributed by atoms with Gasteiger partial charge in [-0.25, -0.2) is 0 Å². The van der Waals surface area contributed by atoms with Gasteiger partial charge in [-0.15, -0.1) is 0 Å². The van der Waals surface area contributed by atoms with Crippen molar-refractivity contribution < 1.29 is 14.6 Å². The van der Waals surface area contributed by atoms with E-state index in [4.69, 9.17) is 9.84 Å². The molecule has 1 N–H and O–H groups in total. The molecule has 0 aliphatic carbocycles. The topological polar surface area (TPSA) is 46.5 Å². The molecule has 0 aliphatic heterocycles. The van der Waals surface area contributed by atoms with Gasteiger partial charge in [-0.3, -0.25) is 4.79 Å². The first-order valence-electron chi connectivity index (χ1n) is 6.81. The van der Waals surface area contributed by atoms with E-state index < -0.39 is 5.97 Å². The molecule has 0 aliphatic rings. The zero-order chi connectivity index (χ0) is 15.7. The molecule has 0 aromatic rings. The van der Waals surface area contributed by atoms with Gasteiger partial charge in [0.05, 0.1) is 12.5 Å². The van der Waals surface area contributed by atoms with Crippen molar-refractivity contribution in [2.45, 2.75) is 53.1 Å². The third kappa shape index (κ3) is 19.2. The largest absolute Gasteiger partial charge is 0.481 e. The third-order valence-corrected chi connectivity index (χ3v) is 1.99. The molecule has 3 heteroatoms. The van der Waals surface area contributed by atoms with Crippen molar-refractivity contribution in [3.63, 3.8) is 0 Å². The molecule has 0 amide bonds. The quantitative estimate of drug-likeness (QED) is 0.655. The number of methoxy groups -OCH3 is 1. The minimum atomic E-state index is -0.839. The Labute approximate surface area is 118 Å². The summed E-state index contributed by atoms with van der Waals surface area (Å²) in [5, 5.41) is 8.59. The Balaban J connectivity index is -0.000000579. The first-order valence-corrected chi connectivity index (χ1v) is 6.81. The molecular weight excluding hydrogens is 240 g/mol. The van der Waals surface area contributed by atoms with E-state index in [1.807, 2.05) is 33.8 Å². The summed E-state index contributed by atoms with van der Waals surface area (Å²) >= 11 is 0. The predicted octanol–water partition coefficient (Wildman–Crippen LogP) is 4.61. The molecule has 0 fully saturated rings. The lowest BCUT2D eigenvalue weighted by Gasteiger charge is -2.12. The lowest BCUT2D eigenvalue weighted by Crippen LogP contribution is -2.15. The number of carboxylic acid groups (broad SMARTS) is 1. The van der Waals surface area contributed by atoms with Crippen molar-refractivity contribution in [1.29, 1.82) is 0 Å². The molecule has 112 valence electrons. The Morgan fingerprint density at radius 1 is 1.32 bits per heavy atom. The summed E-state index contributed by atoms with van der Waals surface area (Å²) in [6.07, 6.45) is 6.54. The summed E-state index contributed by atoms with van der Waals surface area (Å²) in [7, 11) is 1.52. The standard InChI is InChI=1S/C12H18O3.2C2H6/c1-4-5-6-10(2)7-8-11(15-3)9-12(13)14;2*1-2/h4-6,11H,1-2,7-9H2,3H3,(H,13,14);2*1-2H3/b6-5-;;. The van der Waals surface area contributed by atoms with E-state index in [-0.39, 0.29) is 12.5 Å². The van der Waals surface area contributed by atoms with Crippen molar-refractivity contribution in [2.24, 2.45) is 0 Å². The second-order valence-electron chi connectivity index (χ2n) is 3.25. The van der Waals surface area contributed by atoms with Crippen LogP contribution in [-0.4, -0.2) is 24.3 Å². The normalized spacial score (nSPS) is 10.6. The molecule has 0 aromatic carbocycles. The molecule has 1 unspecified atom stereocenters. The van der Waals surface area contributed by atoms with Gasteiger partial charge in [0.15, 0.2) is 0 Å². The average molecular weight is 270 g/mol. The summed E-state index contributed by atoms with van der Waals surface area (Å²) in [5.74, 6) is -0.839. The molecule has 0 bridgehead atoms. The maximum atomic E-state index is 10.5. The first kappa shape index (κ1) is 22.8. The van der Waals surface area contributed by atoms with Crippen LogP contribution in [0.15, 0.2) is 37.0 Å². The van der Waals surface area contributed by atoms with Gasteiger partial charge in [-0.2, -0.15) is 0 Å². The van der Waals surface area contributed by atoms with Crippen LogP contribution in [0.3, 0.4) is 0 Å². The fraction of sp³-hybridized carbons (Fsp3) is 0.562. The maximum absolute atomic E-state index is 10.5. The lowest BCUT2D eigenvalue weighted by molar-refractivity contribution is -0.139. The number of rotatable bonds is 8. The zero-order valence-corrected chi connectivity index (χ0v) is 13.1. The molecule has 0 saturated heterocycles. The Morgan fingerprint density at radius 3 is 2.21 bits per heavy atom. The number of carbonyl (C=O) groups is 1. The van der Waals surface area contributed by atoms with Crippen LogP contribution in [0, 0.1) is 0 Å². The number of hydrogen-bond acceptors (Lipinski definition) is 2. The van der Waals surface area contributed by atoms with Gasteiger partial charge in [0.2, 0.25) is 0 Å². The van der Waals surface area contributed by atoms with Gasteiger partial charge >= 0.3 is 5.97 Å². The average Bonchev–Trinajstić information content (AvgIpc) is 2.45. The minimum absolute atomic E-state index is 0.0367. The van der Waals surface area contributed by atoms with Gasteiger partial charge in [-0.1, -0.05) is 64.7 Å². The van der Waals surface area contributed by atoms with Crippen LogP contribution >= 0.6 is 0 Å². The molecule has 3 nitrogen and oxygen atoms in total. The van der Waals surface area contributed by atoms with Crippen molar-refractivity contribution in [3.8, 4) is 0 Å². The first-order chi connectivity index (χ1) is 9.10. The molecule has 19 heavy (non-hydrogen) atoms. The van der Waals surface area contributed by atoms with Crippen molar-refractivity contribution >= 4 is 5.97 Å². The number of ether oxygens (including phenoxy) is 1. The highest BCUT2D eigenvalue weighted by Crippen LogP contribution is 2.11. The highest BCUT2D eigenvalue weighted by Gasteiger charge is 2.11. The predicted molar refractivity (Wildman–Crippen MR) is 83.5 cm³/mol. The van der Waals surface area contributed by atoms with Crippen LogP contribution < -0.4 is 0 Å². The maximum Gasteiger partial charge on any atom is 0.305 e. The molecule has 1 atom stereocenters.